The van der Waals surface area contributed by atoms with E-state index in [0.29, 0.717) is 45.3 Å². The quantitative estimate of drug-likeness (QED) is 0.211. The van der Waals surface area contributed by atoms with E-state index in [0.717, 1.165) is 18.4 Å². The van der Waals surface area contributed by atoms with E-state index < -0.39 is 45.6 Å². The molecule has 4 rings (SSSR count). The van der Waals surface area contributed by atoms with Crippen molar-refractivity contribution in [1.29, 1.82) is 0 Å². The van der Waals surface area contributed by atoms with Gasteiger partial charge in [-0.05, 0) is 61.8 Å². The highest BCUT2D eigenvalue weighted by Gasteiger charge is 2.48. The second kappa shape index (κ2) is 14.2. The fourth-order valence-electron chi connectivity index (χ4n) is 6.46. The second-order valence-electron chi connectivity index (χ2n) is 12.8. The van der Waals surface area contributed by atoms with Gasteiger partial charge in [-0.25, -0.2) is 4.79 Å². The SMILES string of the molecule is CC(C)C[C@H](NC(=O)OC1CC2(CCN(C(=O)Cc3ccccc3)CC2)C1)C(=O)N[C@@H](C[C@@H]1CCNC1=O)[C@@H](O)S(=O)(=O)O. The minimum absolute atomic E-state index is 0.00879. The first-order chi connectivity index (χ1) is 20.7. The van der Waals surface area contributed by atoms with Crippen LogP contribution < -0.4 is 16.0 Å². The minimum atomic E-state index is -4.95. The maximum absolute atomic E-state index is 13.2. The summed E-state index contributed by atoms with van der Waals surface area (Å²) in [5.74, 6) is -1.70. The average Bonchev–Trinajstić information content (AvgIpc) is 3.35. The number of nitrogens with one attached hydrogen (secondary N) is 3. The molecular weight excluding hydrogens is 592 g/mol. The Labute approximate surface area is 258 Å². The molecule has 0 radical (unpaired) electrons. The van der Waals surface area contributed by atoms with Gasteiger partial charge in [0.1, 0.15) is 12.1 Å². The van der Waals surface area contributed by atoms with Crippen LogP contribution in [0, 0.1) is 17.3 Å². The Morgan fingerprint density at radius 2 is 1.77 bits per heavy atom. The molecule has 3 aliphatic rings. The van der Waals surface area contributed by atoms with Gasteiger partial charge in [0.25, 0.3) is 10.1 Å². The zero-order valence-corrected chi connectivity index (χ0v) is 26.1. The van der Waals surface area contributed by atoms with Crippen LogP contribution in [0.4, 0.5) is 4.79 Å². The van der Waals surface area contributed by atoms with Crippen molar-refractivity contribution in [2.45, 2.75) is 88.8 Å². The second-order valence-corrected chi connectivity index (χ2v) is 14.4. The largest absolute Gasteiger partial charge is 0.446 e. The molecule has 13 nitrogen and oxygen atoms in total. The van der Waals surface area contributed by atoms with Crippen LogP contribution in [0.15, 0.2) is 30.3 Å². The molecule has 3 fully saturated rings. The zero-order chi connectivity index (χ0) is 32.1. The molecule has 0 bridgehead atoms. The molecule has 1 saturated carbocycles. The minimum Gasteiger partial charge on any atom is -0.446 e. The number of benzene rings is 1. The van der Waals surface area contributed by atoms with Crippen LogP contribution in [-0.2, 0) is 35.7 Å². The maximum Gasteiger partial charge on any atom is 0.408 e. The summed E-state index contributed by atoms with van der Waals surface area (Å²) >= 11 is 0. The first-order valence-corrected chi connectivity index (χ1v) is 16.8. The number of nitrogens with zero attached hydrogens (tertiary/aromatic N) is 1. The topological polar surface area (TPSA) is 191 Å². The molecule has 44 heavy (non-hydrogen) atoms. The van der Waals surface area contributed by atoms with Gasteiger partial charge < -0.3 is 30.7 Å². The van der Waals surface area contributed by atoms with Gasteiger partial charge in [0, 0.05) is 25.6 Å². The molecule has 2 heterocycles. The lowest BCUT2D eigenvalue weighted by Gasteiger charge is -2.51. The van der Waals surface area contributed by atoms with E-state index in [1.54, 1.807) is 0 Å². The number of aliphatic hydroxyl groups excluding tert-OH is 1. The molecule has 1 aromatic carbocycles. The summed E-state index contributed by atoms with van der Waals surface area (Å²) in [6, 6.07) is 7.05. The van der Waals surface area contributed by atoms with Crippen molar-refractivity contribution >= 4 is 33.9 Å². The Morgan fingerprint density at radius 3 is 2.34 bits per heavy atom. The molecule has 2 aliphatic heterocycles. The Balaban J connectivity index is 1.27. The average molecular weight is 637 g/mol. The first-order valence-electron chi connectivity index (χ1n) is 15.3. The zero-order valence-electron chi connectivity index (χ0n) is 25.2. The third-order valence-electron chi connectivity index (χ3n) is 8.96. The van der Waals surface area contributed by atoms with Gasteiger partial charge in [-0.1, -0.05) is 44.2 Å². The highest BCUT2D eigenvalue weighted by atomic mass is 32.2. The van der Waals surface area contributed by atoms with Crippen molar-refractivity contribution in [3.05, 3.63) is 35.9 Å². The molecule has 1 aromatic rings. The van der Waals surface area contributed by atoms with E-state index in [4.69, 9.17) is 4.74 Å². The van der Waals surface area contributed by atoms with Crippen molar-refractivity contribution in [2.24, 2.45) is 17.3 Å². The van der Waals surface area contributed by atoms with Crippen LogP contribution >= 0.6 is 0 Å². The third kappa shape index (κ3) is 8.91. The normalized spacial score (nSPS) is 22.1. The Bertz CT molecular complexity index is 1290. The van der Waals surface area contributed by atoms with Gasteiger partial charge in [0.05, 0.1) is 12.5 Å². The van der Waals surface area contributed by atoms with E-state index in [1.807, 2.05) is 49.1 Å². The lowest BCUT2D eigenvalue weighted by molar-refractivity contribution is -0.136. The first kappa shape index (κ1) is 33.7. The van der Waals surface area contributed by atoms with E-state index in [9.17, 15) is 37.3 Å². The lowest BCUT2D eigenvalue weighted by atomic mass is 9.61. The standard InChI is InChI=1S/C30H44N4O9S/c1-19(2)14-23(27(37)32-24(28(38)44(40,41)42)16-21-8-11-31-26(21)36)33-29(39)43-22-17-30(18-22)9-12-34(13-10-30)25(35)15-20-6-4-3-5-7-20/h3-7,19,21-24,28,38H,8-18H2,1-2H3,(H,31,36)(H,32,37)(H,33,39)(H,40,41,42)/t21-,23-,24-,28-/m0/s1. The predicted molar refractivity (Wildman–Crippen MR) is 159 cm³/mol. The van der Waals surface area contributed by atoms with Gasteiger partial charge in [-0.2, -0.15) is 8.42 Å². The fraction of sp³-hybridized carbons (Fsp3) is 0.667. The van der Waals surface area contributed by atoms with Gasteiger partial charge in [-0.15, -0.1) is 0 Å². The number of hydrogen-bond donors (Lipinski definition) is 5. The lowest BCUT2D eigenvalue weighted by Crippen LogP contribution is -2.56. The summed E-state index contributed by atoms with van der Waals surface area (Å²) in [7, 11) is -4.95. The number of likely N-dealkylation sites (tertiary alicyclic amines) is 1. The van der Waals surface area contributed by atoms with E-state index in [1.165, 1.54) is 0 Å². The van der Waals surface area contributed by atoms with Crippen LogP contribution in [0.3, 0.4) is 0 Å². The van der Waals surface area contributed by atoms with Crippen LogP contribution in [0.5, 0.6) is 0 Å². The molecule has 0 aromatic heterocycles. The molecule has 2 saturated heterocycles. The van der Waals surface area contributed by atoms with Crippen LogP contribution in [0.2, 0.25) is 0 Å². The molecule has 14 heteroatoms. The number of amides is 4. The number of piperidine rings is 1. The number of rotatable bonds is 12. The highest BCUT2D eigenvalue weighted by Crippen LogP contribution is 2.50. The van der Waals surface area contributed by atoms with Crippen molar-refractivity contribution < 1.29 is 42.0 Å². The summed E-state index contributed by atoms with van der Waals surface area (Å²) in [5.41, 5.74) is -1.36. The Morgan fingerprint density at radius 1 is 1.11 bits per heavy atom. The number of ether oxygens (including phenoxy) is 1. The van der Waals surface area contributed by atoms with Crippen LogP contribution in [-0.4, -0.2) is 90.0 Å². The van der Waals surface area contributed by atoms with Gasteiger partial charge in [0.2, 0.25) is 23.2 Å². The summed E-state index contributed by atoms with van der Waals surface area (Å²) < 4.78 is 38.4. The number of carbonyl (C=O) groups excluding carboxylic acids is 4. The monoisotopic (exact) mass is 636 g/mol. The number of carbonyl (C=O) groups is 4. The Kier molecular flexibility index (Phi) is 10.9. The van der Waals surface area contributed by atoms with Crippen molar-refractivity contribution in [1.82, 2.24) is 20.9 Å². The van der Waals surface area contributed by atoms with Gasteiger partial charge in [-0.3, -0.25) is 18.9 Å². The molecular formula is C30H44N4O9S. The van der Waals surface area contributed by atoms with Gasteiger partial charge >= 0.3 is 6.09 Å². The van der Waals surface area contributed by atoms with Crippen LogP contribution in [0.25, 0.3) is 0 Å². The summed E-state index contributed by atoms with van der Waals surface area (Å²) in [5, 5.41) is 17.9. The number of alkyl carbamates (subject to hydrolysis) is 1. The van der Waals surface area contributed by atoms with E-state index in [2.05, 4.69) is 16.0 Å². The molecule has 0 unspecified atom stereocenters. The summed E-state index contributed by atoms with van der Waals surface area (Å²) in [4.78, 5) is 52.7. The maximum atomic E-state index is 13.2. The third-order valence-corrected chi connectivity index (χ3v) is 9.90. The van der Waals surface area contributed by atoms with E-state index >= 15 is 0 Å². The van der Waals surface area contributed by atoms with E-state index in [-0.39, 0.29) is 42.1 Å². The Hall–Kier alpha value is -3.23. The van der Waals surface area contributed by atoms with Crippen molar-refractivity contribution in [3.8, 4) is 0 Å². The van der Waals surface area contributed by atoms with Crippen molar-refractivity contribution in [2.75, 3.05) is 19.6 Å². The molecule has 5 N–H and O–H groups in total. The molecule has 4 atom stereocenters. The molecule has 1 aliphatic carbocycles. The molecule has 4 amide bonds. The number of aliphatic hydroxyl groups is 1. The fourth-order valence-corrected chi connectivity index (χ4v) is 7.05. The van der Waals surface area contributed by atoms with Crippen molar-refractivity contribution in [3.63, 3.8) is 0 Å². The summed E-state index contributed by atoms with van der Waals surface area (Å²) in [6.45, 7) is 5.36. The van der Waals surface area contributed by atoms with Gasteiger partial charge in [0.15, 0.2) is 0 Å². The smallest absolute Gasteiger partial charge is 0.408 e. The predicted octanol–water partition coefficient (Wildman–Crippen LogP) is 1.36. The molecule has 1 spiro atoms. The van der Waals surface area contributed by atoms with Crippen LogP contribution in [0.1, 0.15) is 64.4 Å². The summed E-state index contributed by atoms with van der Waals surface area (Å²) in [6.07, 6.45) is 2.58. The number of hydrogen-bond acceptors (Lipinski definition) is 8. The highest BCUT2D eigenvalue weighted by molar-refractivity contribution is 7.86. The molecule has 244 valence electrons.